The number of ether oxygens (including phenoxy) is 1. The quantitative estimate of drug-likeness (QED) is 0.887. The van der Waals surface area contributed by atoms with Crippen molar-refractivity contribution in [2.45, 2.75) is 38.5 Å². The van der Waals surface area contributed by atoms with Crippen molar-refractivity contribution in [1.29, 1.82) is 0 Å². The molecular formula is C15H24N2O. The fourth-order valence-corrected chi connectivity index (χ4v) is 2.85. The number of nitrogens with two attached hydrogens (primary N) is 1. The van der Waals surface area contributed by atoms with Gasteiger partial charge in [-0.1, -0.05) is 24.3 Å². The van der Waals surface area contributed by atoms with Gasteiger partial charge >= 0.3 is 0 Å². The van der Waals surface area contributed by atoms with Crippen LogP contribution in [0.1, 0.15) is 30.5 Å². The standard InChI is InChI=1S/C15H24N2O/c1-11-6-4-5-7-13(11)14(16)10-17(3)15-8-9-18-12(15)2/h4-7,12,14-15H,8-10,16H2,1-3H3. The minimum Gasteiger partial charge on any atom is -0.377 e. The molecular weight excluding hydrogens is 224 g/mol. The van der Waals surface area contributed by atoms with Gasteiger partial charge in [-0.2, -0.15) is 0 Å². The smallest absolute Gasteiger partial charge is 0.0702 e. The molecule has 3 nitrogen and oxygen atoms in total. The van der Waals surface area contributed by atoms with Crippen molar-refractivity contribution in [3.05, 3.63) is 35.4 Å². The predicted octanol–water partition coefficient (Wildman–Crippen LogP) is 2.10. The summed E-state index contributed by atoms with van der Waals surface area (Å²) in [6.45, 7) is 6.02. The molecule has 1 aliphatic heterocycles. The molecule has 1 aliphatic rings. The van der Waals surface area contributed by atoms with Crippen molar-refractivity contribution >= 4 is 0 Å². The maximum atomic E-state index is 6.33. The number of benzene rings is 1. The molecule has 1 saturated heterocycles. The maximum Gasteiger partial charge on any atom is 0.0702 e. The van der Waals surface area contributed by atoms with Gasteiger partial charge in [0, 0.05) is 25.2 Å². The van der Waals surface area contributed by atoms with E-state index in [9.17, 15) is 0 Å². The molecule has 18 heavy (non-hydrogen) atoms. The van der Waals surface area contributed by atoms with Crippen molar-refractivity contribution in [2.24, 2.45) is 5.73 Å². The van der Waals surface area contributed by atoms with Crippen molar-refractivity contribution in [3.63, 3.8) is 0 Å². The Morgan fingerprint density at radius 1 is 1.44 bits per heavy atom. The molecule has 3 unspecified atom stereocenters. The van der Waals surface area contributed by atoms with E-state index in [1.54, 1.807) is 0 Å². The summed E-state index contributed by atoms with van der Waals surface area (Å²) in [5.74, 6) is 0. The van der Waals surface area contributed by atoms with Gasteiger partial charge in [0.2, 0.25) is 0 Å². The molecule has 2 N–H and O–H groups in total. The number of hydrogen-bond acceptors (Lipinski definition) is 3. The van der Waals surface area contributed by atoms with Crippen molar-refractivity contribution in [3.8, 4) is 0 Å². The van der Waals surface area contributed by atoms with Crippen LogP contribution in [0.5, 0.6) is 0 Å². The number of aryl methyl sites for hydroxylation is 1. The molecule has 1 fully saturated rings. The van der Waals surface area contributed by atoms with Crippen LogP contribution in [-0.4, -0.2) is 37.2 Å². The summed E-state index contributed by atoms with van der Waals surface area (Å²) >= 11 is 0. The number of likely N-dealkylation sites (N-methyl/N-ethyl adjacent to an activating group) is 1. The number of rotatable bonds is 4. The third kappa shape index (κ3) is 2.91. The van der Waals surface area contributed by atoms with Crippen LogP contribution >= 0.6 is 0 Å². The molecule has 100 valence electrons. The van der Waals surface area contributed by atoms with Crippen LogP contribution < -0.4 is 5.73 Å². The zero-order chi connectivity index (χ0) is 13.1. The second-order valence-corrected chi connectivity index (χ2v) is 5.33. The van der Waals surface area contributed by atoms with Crippen LogP contribution in [0.2, 0.25) is 0 Å². The molecule has 0 aromatic heterocycles. The Bertz CT molecular complexity index is 394. The first-order chi connectivity index (χ1) is 8.59. The highest BCUT2D eigenvalue weighted by atomic mass is 16.5. The van der Waals surface area contributed by atoms with Crippen molar-refractivity contribution < 1.29 is 4.74 Å². The Labute approximate surface area is 110 Å². The van der Waals surface area contributed by atoms with E-state index in [0.717, 1.165) is 19.6 Å². The summed E-state index contributed by atoms with van der Waals surface area (Å²) in [6, 6.07) is 8.94. The molecule has 0 saturated carbocycles. The summed E-state index contributed by atoms with van der Waals surface area (Å²) < 4.78 is 5.62. The first-order valence-corrected chi connectivity index (χ1v) is 6.72. The fourth-order valence-electron chi connectivity index (χ4n) is 2.85. The molecule has 0 aliphatic carbocycles. The summed E-state index contributed by atoms with van der Waals surface area (Å²) in [6.07, 6.45) is 1.43. The minimum atomic E-state index is 0.0731. The fraction of sp³-hybridized carbons (Fsp3) is 0.600. The molecule has 1 aromatic rings. The highest BCUT2D eigenvalue weighted by molar-refractivity contribution is 5.28. The molecule has 2 rings (SSSR count). The number of nitrogens with zero attached hydrogens (tertiary/aromatic N) is 1. The topological polar surface area (TPSA) is 38.5 Å². The van der Waals surface area contributed by atoms with Crippen LogP contribution in [0.25, 0.3) is 0 Å². The SMILES string of the molecule is Cc1ccccc1C(N)CN(C)C1CCOC1C. The van der Waals surface area contributed by atoms with Crippen molar-refractivity contribution in [2.75, 3.05) is 20.2 Å². The van der Waals surface area contributed by atoms with Crippen LogP contribution in [0.4, 0.5) is 0 Å². The van der Waals surface area contributed by atoms with Gasteiger partial charge in [-0.05, 0) is 38.4 Å². The van der Waals surface area contributed by atoms with Gasteiger partial charge < -0.3 is 10.5 Å². The molecule has 0 amide bonds. The van der Waals surface area contributed by atoms with Gasteiger partial charge in [0.25, 0.3) is 0 Å². The van der Waals surface area contributed by atoms with Crippen LogP contribution in [0, 0.1) is 6.92 Å². The third-order valence-electron chi connectivity index (χ3n) is 3.97. The zero-order valence-electron chi connectivity index (χ0n) is 11.6. The van der Waals surface area contributed by atoms with E-state index in [0.29, 0.717) is 12.1 Å². The average Bonchev–Trinajstić information content (AvgIpc) is 2.76. The van der Waals surface area contributed by atoms with E-state index >= 15 is 0 Å². The molecule has 1 heterocycles. The monoisotopic (exact) mass is 248 g/mol. The van der Waals surface area contributed by atoms with Gasteiger partial charge in [0.1, 0.15) is 0 Å². The van der Waals surface area contributed by atoms with Gasteiger partial charge in [-0.3, -0.25) is 4.90 Å². The lowest BCUT2D eigenvalue weighted by Crippen LogP contribution is -2.40. The normalized spacial score (nSPS) is 25.6. The molecule has 0 radical (unpaired) electrons. The lowest BCUT2D eigenvalue weighted by Gasteiger charge is -2.29. The first-order valence-electron chi connectivity index (χ1n) is 6.72. The Hall–Kier alpha value is -0.900. The van der Waals surface area contributed by atoms with E-state index < -0.39 is 0 Å². The van der Waals surface area contributed by atoms with Gasteiger partial charge in [0.15, 0.2) is 0 Å². The second kappa shape index (κ2) is 5.83. The minimum absolute atomic E-state index is 0.0731. The summed E-state index contributed by atoms with van der Waals surface area (Å²) in [7, 11) is 2.15. The highest BCUT2D eigenvalue weighted by Gasteiger charge is 2.28. The van der Waals surface area contributed by atoms with Gasteiger partial charge in [-0.25, -0.2) is 0 Å². The largest absolute Gasteiger partial charge is 0.377 e. The maximum absolute atomic E-state index is 6.33. The lowest BCUT2D eigenvalue weighted by atomic mass is 10.0. The number of hydrogen-bond donors (Lipinski definition) is 1. The predicted molar refractivity (Wildman–Crippen MR) is 74.6 cm³/mol. The Kier molecular flexibility index (Phi) is 4.38. The molecule has 3 heteroatoms. The zero-order valence-corrected chi connectivity index (χ0v) is 11.6. The average molecular weight is 248 g/mol. The van der Waals surface area contributed by atoms with E-state index in [4.69, 9.17) is 10.5 Å². The summed E-state index contributed by atoms with van der Waals surface area (Å²) in [5, 5.41) is 0. The van der Waals surface area contributed by atoms with Crippen LogP contribution in [0.3, 0.4) is 0 Å². The Balaban J connectivity index is 1.99. The van der Waals surface area contributed by atoms with Crippen molar-refractivity contribution in [1.82, 2.24) is 4.90 Å². The van der Waals surface area contributed by atoms with E-state index in [2.05, 4.69) is 50.1 Å². The summed E-state index contributed by atoms with van der Waals surface area (Å²) in [5.41, 5.74) is 8.85. The Morgan fingerprint density at radius 2 is 2.17 bits per heavy atom. The molecule has 3 atom stereocenters. The van der Waals surface area contributed by atoms with Crippen LogP contribution in [0.15, 0.2) is 24.3 Å². The van der Waals surface area contributed by atoms with E-state index in [-0.39, 0.29) is 6.04 Å². The van der Waals surface area contributed by atoms with Gasteiger partial charge in [0.05, 0.1) is 6.10 Å². The molecule has 0 spiro atoms. The molecule has 1 aromatic carbocycles. The van der Waals surface area contributed by atoms with Crippen LogP contribution in [-0.2, 0) is 4.74 Å². The van der Waals surface area contributed by atoms with E-state index in [1.165, 1.54) is 11.1 Å². The highest BCUT2D eigenvalue weighted by Crippen LogP contribution is 2.21. The summed E-state index contributed by atoms with van der Waals surface area (Å²) in [4.78, 5) is 2.34. The molecule has 0 bridgehead atoms. The second-order valence-electron chi connectivity index (χ2n) is 5.33. The van der Waals surface area contributed by atoms with E-state index in [1.807, 2.05) is 0 Å². The first kappa shape index (κ1) is 13.5. The third-order valence-corrected chi connectivity index (χ3v) is 3.97. The Morgan fingerprint density at radius 3 is 2.78 bits per heavy atom. The van der Waals surface area contributed by atoms with Gasteiger partial charge in [-0.15, -0.1) is 0 Å². The lowest BCUT2D eigenvalue weighted by molar-refractivity contribution is 0.0818.